The lowest BCUT2D eigenvalue weighted by molar-refractivity contribution is -0.128. The van der Waals surface area contributed by atoms with Gasteiger partial charge in [-0.3, -0.25) is 4.79 Å². The van der Waals surface area contributed by atoms with Gasteiger partial charge in [-0.25, -0.2) is 0 Å². The van der Waals surface area contributed by atoms with Gasteiger partial charge in [-0.2, -0.15) is 0 Å². The highest BCUT2D eigenvalue weighted by Crippen LogP contribution is 2.29. The normalized spacial score (nSPS) is 14.6. The van der Waals surface area contributed by atoms with Crippen LogP contribution in [0.1, 0.15) is 46.3 Å². The number of carbonyl (C=O) groups excluding carboxylic acids is 1. The van der Waals surface area contributed by atoms with Crippen LogP contribution in [0.15, 0.2) is 22.7 Å². The number of rotatable bonds is 4. The van der Waals surface area contributed by atoms with Crippen molar-refractivity contribution in [2.45, 2.75) is 52.4 Å². The van der Waals surface area contributed by atoms with Crippen molar-refractivity contribution < 1.29 is 14.6 Å². The van der Waals surface area contributed by atoms with E-state index in [1.807, 2.05) is 26.8 Å². The summed E-state index contributed by atoms with van der Waals surface area (Å²) in [5.41, 5.74) is 0.350. The second kappa shape index (κ2) is 6.59. The van der Waals surface area contributed by atoms with E-state index in [0.29, 0.717) is 11.3 Å². The van der Waals surface area contributed by atoms with Gasteiger partial charge in [-0.15, -0.1) is 0 Å². The van der Waals surface area contributed by atoms with Gasteiger partial charge in [0.05, 0.1) is 6.10 Å². The summed E-state index contributed by atoms with van der Waals surface area (Å²) >= 11 is 3.36. The van der Waals surface area contributed by atoms with Crippen molar-refractivity contribution >= 4 is 21.8 Å². The van der Waals surface area contributed by atoms with Gasteiger partial charge in [-0.05, 0) is 46.8 Å². The molecule has 112 valence electrons. The predicted octanol–water partition coefficient (Wildman–Crippen LogP) is 3.18. The van der Waals surface area contributed by atoms with Crippen LogP contribution in [0, 0.1) is 0 Å². The molecule has 5 heteroatoms. The molecule has 0 aromatic heterocycles. The van der Waals surface area contributed by atoms with Crippen LogP contribution in [0.2, 0.25) is 0 Å². The van der Waals surface area contributed by atoms with E-state index in [-0.39, 0.29) is 11.4 Å². The van der Waals surface area contributed by atoms with E-state index in [1.54, 1.807) is 26.0 Å². The number of aliphatic hydroxyl groups is 1. The monoisotopic (exact) mass is 343 g/mol. The molecule has 0 aliphatic rings. The average Bonchev–Trinajstić information content (AvgIpc) is 2.26. The Labute approximate surface area is 128 Å². The number of aliphatic hydroxyl groups excluding tert-OH is 1. The molecule has 1 aromatic rings. The smallest absolute Gasteiger partial charge is 0.261 e. The molecule has 0 fully saturated rings. The summed E-state index contributed by atoms with van der Waals surface area (Å²) in [7, 11) is 0. The van der Waals surface area contributed by atoms with Crippen LogP contribution in [0.4, 0.5) is 0 Å². The minimum atomic E-state index is -0.657. The lowest BCUT2D eigenvalue weighted by atomic mass is 10.1. The Balaban J connectivity index is 2.87. The lowest BCUT2D eigenvalue weighted by Crippen LogP contribution is -2.46. The molecule has 0 aliphatic heterocycles. The van der Waals surface area contributed by atoms with E-state index < -0.39 is 12.2 Å². The zero-order valence-corrected chi connectivity index (χ0v) is 14.1. The third-order valence-electron chi connectivity index (χ3n) is 2.60. The van der Waals surface area contributed by atoms with E-state index in [4.69, 9.17) is 4.74 Å². The minimum Gasteiger partial charge on any atom is -0.480 e. The Morgan fingerprint density at radius 3 is 2.45 bits per heavy atom. The molecule has 2 N–H and O–H groups in total. The van der Waals surface area contributed by atoms with Crippen molar-refractivity contribution in [1.82, 2.24) is 5.32 Å². The molecule has 0 heterocycles. The fourth-order valence-corrected chi connectivity index (χ4v) is 2.01. The van der Waals surface area contributed by atoms with Crippen molar-refractivity contribution in [3.8, 4) is 5.75 Å². The van der Waals surface area contributed by atoms with Gasteiger partial charge in [0.2, 0.25) is 0 Å². The molecule has 2 unspecified atom stereocenters. The largest absolute Gasteiger partial charge is 0.480 e. The van der Waals surface area contributed by atoms with Crippen LogP contribution in [-0.4, -0.2) is 22.7 Å². The molecular formula is C15H22BrNO3. The topological polar surface area (TPSA) is 58.6 Å². The third kappa shape index (κ3) is 5.13. The molecule has 0 spiro atoms. The maximum absolute atomic E-state index is 12.0. The Morgan fingerprint density at radius 1 is 1.35 bits per heavy atom. The van der Waals surface area contributed by atoms with E-state index in [2.05, 4.69) is 21.2 Å². The van der Waals surface area contributed by atoms with Gasteiger partial charge in [0, 0.05) is 15.6 Å². The van der Waals surface area contributed by atoms with Crippen LogP contribution in [0.25, 0.3) is 0 Å². The zero-order valence-electron chi connectivity index (χ0n) is 12.5. The summed E-state index contributed by atoms with van der Waals surface area (Å²) in [4.78, 5) is 12.0. The van der Waals surface area contributed by atoms with Crippen molar-refractivity contribution in [2.75, 3.05) is 0 Å². The number of halogens is 1. The van der Waals surface area contributed by atoms with Gasteiger partial charge >= 0.3 is 0 Å². The van der Waals surface area contributed by atoms with Gasteiger partial charge in [0.1, 0.15) is 5.75 Å². The first-order valence-corrected chi connectivity index (χ1v) is 7.35. The van der Waals surface area contributed by atoms with Gasteiger partial charge < -0.3 is 15.2 Å². The third-order valence-corrected chi connectivity index (χ3v) is 3.09. The standard InChI is InChI=1S/C15H22BrNO3/c1-9(18)12-7-6-11(16)8-13(12)20-10(2)14(19)17-15(3,4)5/h6-10,18H,1-5H3,(H,17,19). The highest BCUT2D eigenvalue weighted by molar-refractivity contribution is 9.10. The molecule has 20 heavy (non-hydrogen) atoms. The number of amides is 1. The van der Waals surface area contributed by atoms with Crippen LogP contribution in [-0.2, 0) is 4.79 Å². The number of benzene rings is 1. The molecule has 0 saturated carbocycles. The molecular weight excluding hydrogens is 322 g/mol. The molecule has 0 saturated heterocycles. The Kier molecular flexibility index (Phi) is 5.59. The lowest BCUT2D eigenvalue weighted by Gasteiger charge is -2.24. The quantitative estimate of drug-likeness (QED) is 0.882. The maximum Gasteiger partial charge on any atom is 0.261 e. The number of nitrogens with one attached hydrogen (secondary N) is 1. The molecule has 4 nitrogen and oxygen atoms in total. The van der Waals surface area contributed by atoms with E-state index >= 15 is 0 Å². The first-order chi connectivity index (χ1) is 9.10. The molecule has 1 rings (SSSR count). The molecule has 1 amide bonds. The summed E-state index contributed by atoms with van der Waals surface area (Å²) in [6.07, 6.45) is -1.29. The van der Waals surface area contributed by atoms with E-state index in [0.717, 1.165) is 4.47 Å². The Bertz CT molecular complexity index is 480. The summed E-state index contributed by atoms with van der Waals surface area (Å²) in [5.74, 6) is 0.319. The Morgan fingerprint density at radius 2 is 1.95 bits per heavy atom. The average molecular weight is 344 g/mol. The van der Waals surface area contributed by atoms with Crippen LogP contribution in [0.5, 0.6) is 5.75 Å². The van der Waals surface area contributed by atoms with Crippen molar-refractivity contribution in [3.63, 3.8) is 0 Å². The Hall–Kier alpha value is -1.07. The van der Waals surface area contributed by atoms with Crippen molar-refractivity contribution in [3.05, 3.63) is 28.2 Å². The summed E-state index contributed by atoms with van der Waals surface area (Å²) in [6, 6.07) is 5.36. The molecule has 0 radical (unpaired) electrons. The fourth-order valence-electron chi connectivity index (χ4n) is 1.67. The first-order valence-electron chi connectivity index (χ1n) is 6.56. The van der Waals surface area contributed by atoms with Crippen molar-refractivity contribution in [1.29, 1.82) is 0 Å². The van der Waals surface area contributed by atoms with E-state index in [1.165, 1.54) is 0 Å². The van der Waals surface area contributed by atoms with Gasteiger partial charge in [-0.1, -0.05) is 22.0 Å². The van der Waals surface area contributed by atoms with Crippen molar-refractivity contribution in [2.24, 2.45) is 0 Å². The second-order valence-electron chi connectivity index (χ2n) is 5.86. The summed E-state index contributed by atoms with van der Waals surface area (Å²) in [5, 5.41) is 12.6. The SMILES string of the molecule is CC(Oc1cc(Br)ccc1C(C)O)C(=O)NC(C)(C)C. The predicted molar refractivity (Wildman–Crippen MR) is 82.8 cm³/mol. The number of ether oxygens (including phenoxy) is 1. The maximum atomic E-state index is 12.0. The van der Waals surface area contributed by atoms with Crippen LogP contribution in [0.3, 0.4) is 0 Å². The molecule has 1 aromatic carbocycles. The van der Waals surface area contributed by atoms with Gasteiger partial charge in [0.25, 0.3) is 5.91 Å². The first kappa shape index (κ1) is 17.0. The number of carbonyl (C=O) groups is 1. The fraction of sp³-hybridized carbons (Fsp3) is 0.533. The zero-order chi connectivity index (χ0) is 15.5. The molecule has 0 bridgehead atoms. The molecule has 0 aliphatic carbocycles. The summed E-state index contributed by atoms with van der Waals surface area (Å²) < 4.78 is 6.53. The highest BCUT2D eigenvalue weighted by Gasteiger charge is 2.22. The molecule has 2 atom stereocenters. The second-order valence-corrected chi connectivity index (χ2v) is 6.77. The summed E-state index contributed by atoms with van der Waals surface area (Å²) in [6.45, 7) is 9.09. The highest BCUT2D eigenvalue weighted by atomic mass is 79.9. The van der Waals surface area contributed by atoms with Crippen LogP contribution >= 0.6 is 15.9 Å². The number of hydrogen-bond donors (Lipinski definition) is 2. The minimum absolute atomic E-state index is 0.186. The van der Waals surface area contributed by atoms with Gasteiger partial charge in [0.15, 0.2) is 6.10 Å². The van der Waals surface area contributed by atoms with E-state index in [9.17, 15) is 9.90 Å². The van der Waals surface area contributed by atoms with Crippen LogP contribution < -0.4 is 10.1 Å². The number of hydrogen-bond acceptors (Lipinski definition) is 3.